The molecule has 0 spiro atoms. The number of halogens is 8. The molecule has 3 N–H and O–H groups in total. The van der Waals surface area contributed by atoms with Crippen molar-refractivity contribution in [2.45, 2.75) is 12.4 Å². The van der Waals surface area contributed by atoms with E-state index >= 15 is 0 Å². The number of carboxylic acid groups (broad SMARTS) is 2. The lowest BCUT2D eigenvalue weighted by atomic mass is 10.2. The molecular weight excluding hydrogens is 575 g/mol. The van der Waals surface area contributed by atoms with Gasteiger partial charge in [0.2, 0.25) is 5.88 Å². The number of anilines is 1. The maximum absolute atomic E-state index is 12.1. The van der Waals surface area contributed by atoms with E-state index in [-0.39, 0.29) is 5.91 Å². The van der Waals surface area contributed by atoms with E-state index < -0.39 is 24.3 Å². The van der Waals surface area contributed by atoms with E-state index in [1.807, 2.05) is 0 Å². The van der Waals surface area contributed by atoms with Gasteiger partial charge in [-0.15, -0.1) is 0 Å². The van der Waals surface area contributed by atoms with Crippen molar-refractivity contribution in [3.8, 4) is 11.6 Å². The van der Waals surface area contributed by atoms with Gasteiger partial charge in [-0.25, -0.2) is 14.6 Å². The average molecular weight is 588 g/mol. The fourth-order valence-electron chi connectivity index (χ4n) is 1.89. The molecule has 3 aromatic rings. The minimum atomic E-state index is -5.08. The lowest BCUT2D eigenvalue weighted by molar-refractivity contribution is -0.193. The monoisotopic (exact) mass is 587 g/mol. The fraction of sp³-hybridized carbons (Fsp3) is 0.0952. The SMILES string of the molecule is O=C(Nc1ccc(Oc2ccc(Cl)cn2)c(Cl)c1)c1ccccn1.O=C(O)C(F)(F)F.O=C(O)C(F)(F)F. The minimum Gasteiger partial charge on any atom is -0.475 e. The Morgan fingerprint density at radius 3 is 1.84 bits per heavy atom. The third-order valence-corrected chi connectivity index (χ3v) is 4.01. The third kappa shape index (κ3) is 11.7. The van der Waals surface area contributed by atoms with Crippen LogP contribution in [0.4, 0.5) is 32.0 Å². The molecule has 204 valence electrons. The van der Waals surface area contributed by atoms with Crippen LogP contribution in [0.15, 0.2) is 60.9 Å². The highest BCUT2D eigenvalue weighted by molar-refractivity contribution is 6.32. The summed E-state index contributed by atoms with van der Waals surface area (Å²) in [7, 11) is 0. The normalized spacial score (nSPS) is 10.6. The van der Waals surface area contributed by atoms with E-state index in [0.29, 0.717) is 33.1 Å². The van der Waals surface area contributed by atoms with Crippen LogP contribution in [0.2, 0.25) is 10.0 Å². The van der Waals surface area contributed by atoms with Gasteiger partial charge >= 0.3 is 24.3 Å². The highest BCUT2D eigenvalue weighted by atomic mass is 35.5. The van der Waals surface area contributed by atoms with Crippen LogP contribution in [0.25, 0.3) is 0 Å². The molecule has 3 rings (SSSR count). The standard InChI is InChI=1S/C17H11Cl2N3O2.2C2HF3O2/c18-11-4-7-16(21-10-11)24-15-6-5-12(9-13(15)19)22-17(23)14-3-1-2-8-20-14;2*3-2(4,5)1(6)7/h1-10H,(H,22,23);2*(H,6,7). The number of aliphatic carboxylic acids is 2. The van der Waals surface area contributed by atoms with Crippen LogP contribution in [0.1, 0.15) is 10.5 Å². The molecule has 0 aliphatic carbocycles. The lowest BCUT2D eigenvalue weighted by Gasteiger charge is -2.09. The Kier molecular flexibility index (Phi) is 11.8. The first kappa shape index (κ1) is 31.9. The third-order valence-electron chi connectivity index (χ3n) is 3.49. The minimum absolute atomic E-state index is 0.319. The van der Waals surface area contributed by atoms with Crippen LogP contribution in [0.3, 0.4) is 0 Å². The second kappa shape index (κ2) is 14.0. The maximum Gasteiger partial charge on any atom is 0.490 e. The molecule has 2 aromatic heterocycles. The van der Waals surface area contributed by atoms with Crippen molar-refractivity contribution in [1.29, 1.82) is 0 Å². The van der Waals surface area contributed by atoms with Gasteiger partial charge in [0.1, 0.15) is 11.4 Å². The summed E-state index contributed by atoms with van der Waals surface area (Å²) in [6, 6.07) is 13.3. The predicted molar refractivity (Wildman–Crippen MR) is 120 cm³/mol. The summed E-state index contributed by atoms with van der Waals surface area (Å²) in [4.78, 5) is 37.9. The molecule has 0 aliphatic heterocycles. The van der Waals surface area contributed by atoms with Crippen molar-refractivity contribution in [2.75, 3.05) is 5.32 Å². The predicted octanol–water partition coefficient (Wildman–Crippen LogP) is 6.09. The number of carbonyl (C=O) groups excluding carboxylic acids is 1. The van der Waals surface area contributed by atoms with Crippen LogP contribution in [-0.2, 0) is 9.59 Å². The van der Waals surface area contributed by atoms with Crippen molar-refractivity contribution < 1.29 is 55.7 Å². The van der Waals surface area contributed by atoms with Gasteiger partial charge in [0, 0.05) is 24.1 Å². The molecule has 0 saturated carbocycles. The first-order valence-corrected chi connectivity index (χ1v) is 10.2. The quantitative estimate of drug-likeness (QED) is 0.311. The molecule has 0 radical (unpaired) electrons. The van der Waals surface area contributed by atoms with Crippen molar-refractivity contribution in [2.24, 2.45) is 0 Å². The molecule has 17 heteroatoms. The molecule has 2 heterocycles. The van der Waals surface area contributed by atoms with Crippen LogP contribution < -0.4 is 10.1 Å². The number of nitrogens with one attached hydrogen (secondary N) is 1. The highest BCUT2D eigenvalue weighted by Crippen LogP contribution is 2.31. The van der Waals surface area contributed by atoms with Gasteiger partial charge in [-0.2, -0.15) is 26.3 Å². The molecule has 0 fully saturated rings. The van der Waals surface area contributed by atoms with E-state index in [1.54, 1.807) is 54.7 Å². The second-order valence-corrected chi connectivity index (χ2v) is 7.18. The summed E-state index contributed by atoms with van der Waals surface area (Å²) >= 11 is 12.0. The van der Waals surface area contributed by atoms with Crippen LogP contribution in [0, 0.1) is 0 Å². The van der Waals surface area contributed by atoms with Gasteiger partial charge in [-0.3, -0.25) is 9.78 Å². The van der Waals surface area contributed by atoms with E-state index in [9.17, 15) is 31.1 Å². The average Bonchev–Trinajstić information content (AvgIpc) is 2.82. The molecule has 1 aromatic carbocycles. The zero-order valence-corrected chi connectivity index (χ0v) is 19.7. The summed E-state index contributed by atoms with van der Waals surface area (Å²) in [6.45, 7) is 0. The molecule has 9 nitrogen and oxygen atoms in total. The van der Waals surface area contributed by atoms with Gasteiger partial charge in [0.15, 0.2) is 0 Å². The second-order valence-electron chi connectivity index (χ2n) is 6.34. The number of hydrogen-bond acceptors (Lipinski definition) is 6. The van der Waals surface area contributed by atoms with Gasteiger partial charge in [0.25, 0.3) is 5.91 Å². The summed E-state index contributed by atoms with van der Waals surface area (Å²) in [5.74, 6) is -5.05. The molecule has 1 amide bonds. The number of hydrogen-bond donors (Lipinski definition) is 3. The summed E-state index contributed by atoms with van der Waals surface area (Å²) in [6.07, 6.45) is -7.13. The zero-order chi connectivity index (χ0) is 29.1. The summed E-state index contributed by atoms with van der Waals surface area (Å²) in [5.41, 5.74) is 0.853. The number of pyridine rings is 2. The van der Waals surface area contributed by atoms with Gasteiger partial charge in [-0.1, -0.05) is 29.3 Å². The Morgan fingerprint density at radius 2 is 1.42 bits per heavy atom. The van der Waals surface area contributed by atoms with Gasteiger partial charge in [0.05, 0.1) is 10.0 Å². The number of aromatic nitrogens is 2. The first-order chi connectivity index (χ1) is 17.5. The topological polar surface area (TPSA) is 139 Å². The number of carboxylic acids is 2. The van der Waals surface area contributed by atoms with Crippen LogP contribution in [-0.4, -0.2) is 50.4 Å². The molecular formula is C21H13Cl2F6N3O6. The number of ether oxygens (including phenoxy) is 1. The Bertz CT molecular complexity index is 1220. The number of benzene rings is 1. The van der Waals surface area contributed by atoms with Crippen LogP contribution >= 0.6 is 23.2 Å². The lowest BCUT2D eigenvalue weighted by Crippen LogP contribution is -2.21. The Balaban J connectivity index is 0.000000426. The maximum atomic E-state index is 12.1. The number of alkyl halides is 6. The Hall–Kier alpha value is -4.11. The van der Waals surface area contributed by atoms with Crippen molar-refractivity contribution in [3.05, 3.63) is 76.7 Å². The van der Waals surface area contributed by atoms with E-state index in [1.165, 1.54) is 6.20 Å². The summed E-state index contributed by atoms with van der Waals surface area (Å²) < 4.78 is 69.1. The van der Waals surface area contributed by atoms with Gasteiger partial charge < -0.3 is 20.3 Å². The molecule has 38 heavy (non-hydrogen) atoms. The smallest absolute Gasteiger partial charge is 0.475 e. The van der Waals surface area contributed by atoms with Crippen molar-refractivity contribution in [1.82, 2.24) is 9.97 Å². The molecule has 0 atom stereocenters. The number of amides is 1. The van der Waals surface area contributed by atoms with E-state index in [4.69, 9.17) is 47.7 Å². The van der Waals surface area contributed by atoms with Crippen molar-refractivity contribution in [3.63, 3.8) is 0 Å². The largest absolute Gasteiger partial charge is 0.490 e. The molecule has 0 bridgehead atoms. The first-order valence-electron chi connectivity index (χ1n) is 9.42. The van der Waals surface area contributed by atoms with Crippen molar-refractivity contribution >= 4 is 46.7 Å². The number of nitrogens with zero attached hydrogens (tertiary/aromatic N) is 2. The van der Waals surface area contributed by atoms with E-state index in [0.717, 1.165) is 0 Å². The molecule has 0 aliphatic rings. The number of rotatable bonds is 4. The van der Waals surface area contributed by atoms with Gasteiger partial charge in [-0.05, 0) is 36.4 Å². The number of carbonyl (C=O) groups is 3. The Labute approximate surface area is 218 Å². The zero-order valence-electron chi connectivity index (χ0n) is 18.2. The Morgan fingerprint density at radius 1 is 0.842 bits per heavy atom. The summed E-state index contributed by atoms with van der Waals surface area (Å²) in [5, 5.41) is 17.8. The van der Waals surface area contributed by atoms with E-state index in [2.05, 4.69) is 15.3 Å². The highest BCUT2D eigenvalue weighted by Gasteiger charge is 2.38. The molecule has 0 unspecified atom stereocenters. The fourth-order valence-corrected chi connectivity index (χ4v) is 2.22. The van der Waals surface area contributed by atoms with Crippen LogP contribution in [0.5, 0.6) is 11.6 Å². The molecule has 0 saturated heterocycles.